The van der Waals surface area contributed by atoms with Crippen molar-refractivity contribution in [3.63, 3.8) is 0 Å². The van der Waals surface area contributed by atoms with Crippen LogP contribution in [0.1, 0.15) is 34.3 Å². The third-order valence-corrected chi connectivity index (χ3v) is 4.92. The molecule has 0 spiro atoms. The Hall–Kier alpha value is -2.66. The maximum atomic E-state index is 12.3. The molecule has 2 aliphatic rings. The third kappa shape index (κ3) is 3.48. The van der Waals surface area contributed by atoms with Crippen LogP contribution in [0, 0.1) is 0 Å². The van der Waals surface area contributed by atoms with Crippen LogP contribution in [-0.2, 0) is 20.7 Å². The Morgan fingerprint density at radius 3 is 2.81 bits per heavy atom. The lowest BCUT2D eigenvalue weighted by Crippen LogP contribution is -2.34. The Kier molecular flexibility index (Phi) is 4.71. The van der Waals surface area contributed by atoms with Crippen LogP contribution in [0.3, 0.4) is 0 Å². The molecular formula is C21H21NO4. The van der Waals surface area contributed by atoms with Crippen molar-refractivity contribution in [2.45, 2.75) is 25.4 Å². The molecule has 134 valence electrons. The Balaban J connectivity index is 1.35. The Morgan fingerprint density at radius 2 is 1.96 bits per heavy atom. The monoisotopic (exact) mass is 351 g/mol. The number of carbonyl (C=O) groups is 2. The maximum absolute atomic E-state index is 12.3. The number of benzene rings is 2. The number of hydrogen-bond acceptors (Lipinski definition) is 4. The summed E-state index contributed by atoms with van der Waals surface area (Å²) in [5, 5.41) is 2.74. The zero-order valence-corrected chi connectivity index (χ0v) is 14.5. The fraction of sp³-hybridized carbons (Fsp3) is 0.333. The summed E-state index contributed by atoms with van der Waals surface area (Å²) >= 11 is 0. The van der Waals surface area contributed by atoms with Crippen LogP contribution < -0.4 is 5.32 Å². The number of rotatable bonds is 5. The molecule has 1 fully saturated rings. The molecule has 5 heteroatoms. The van der Waals surface area contributed by atoms with Crippen molar-refractivity contribution in [1.82, 2.24) is 5.32 Å². The molecule has 0 bridgehead atoms. The van der Waals surface area contributed by atoms with Crippen molar-refractivity contribution < 1.29 is 19.1 Å². The molecule has 2 aromatic carbocycles. The number of hydrogen-bond donors (Lipinski definition) is 1. The molecule has 0 radical (unpaired) electrons. The van der Waals surface area contributed by atoms with Crippen molar-refractivity contribution in [1.29, 1.82) is 0 Å². The molecule has 1 aliphatic carbocycles. The van der Waals surface area contributed by atoms with Crippen LogP contribution in [0.2, 0.25) is 0 Å². The fourth-order valence-corrected chi connectivity index (χ4v) is 3.55. The summed E-state index contributed by atoms with van der Waals surface area (Å²) in [5.41, 5.74) is 5.16. The molecule has 0 saturated carbocycles. The van der Waals surface area contributed by atoms with Gasteiger partial charge in [-0.05, 0) is 53.6 Å². The average molecular weight is 351 g/mol. The van der Waals surface area contributed by atoms with E-state index in [4.69, 9.17) is 9.47 Å². The van der Waals surface area contributed by atoms with Gasteiger partial charge in [-0.1, -0.05) is 30.3 Å². The van der Waals surface area contributed by atoms with Gasteiger partial charge in [0, 0.05) is 13.2 Å². The number of ether oxygens (including phenoxy) is 2. The van der Waals surface area contributed by atoms with E-state index in [0.717, 1.165) is 37.0 Å². The summed E-state index contributed by atoms with van der Waals surface area (Å²) in [6.07, 6.45) is 2.94. The lowest BCUT2D eigenvalue weighted by molar-refractivity contribution is -0.124. The van der Waals surface area contributed by atoms with Gasteiger partial charge in [0.15, 0.2) is 6.61 Å². The van der Waals surface area contributed by atoms with Crippen molar-refractivity contribution in [3.05, 3.63) is 59.2 Å². The Bertz CT molecular complexity index is 840. The average Bonchev–Trinajstić information content (AvgIpc) is 3.31. The van der Waals surface area contributed by atoms with Gasteiger partial charge in [0.05, 0.1) is 11.7 Å². The number of carbonyl (C=O) groups excluding carboxylic acids is 2. The first-order valence-corrected chi connectivity index (χ1v) is 8.97. The molecular weight excluding hydrogens is 330 g/mol. The predicted octanol–water partition coefficient (Wildman–Crippen LogP) is 2.71. The number of esters is 1. The van der Waals surface area contributed by atoms with Gasteiger partial charge in [0.1, 0.15) is 0 Å². The van der Waals surface area contributed by atoms with Gasteiger partial charge >= 0.3 is 5.97 Å². The summed E-state index contributed by atoms with van der Waals surface area (Å²) < 4.78 is 10.6. The van der Waals surface area contributed by atoms with Gasteiger partial charge in [-0.25, -0.2) is 4.79 Å². The Labute approximate surface area is 152 Å². The number of nitrogens with one attached hydrogen (secondary N) is 1. The highest BCUT2D eigenvalue weighted by Gasteiger charge is 2.21. The van der Waals surface area contributed by atoms with Gasteiger partial charge in [-0.3, -0.25) is 4.79 Å². The Morgan fingerprint density at radius 1 is 1.12 bits per heavy atom. The summed E-state index contributed by atoms with van der Waals surface area (Å²) in [6.45, 7) is 0.933. The van der Waals surface area contributed by atoms with Gasteiger partial charge < -0.3 is 14.8 Å². The first-order valence-electron chi connectivity index (χ1n) is 8.97. The van der Waals surface area contributed by atoms with E-state index in [0.29, 0.717) is 12.1 Å². The van der Waals surface area contributed by atoms with Crippen LogP contribution in [-0.4, -0.2) is 37.7 Å². The molecule has 1 amide bonds. The molecule has 1 aliphatic heterocycles. The van der Waals surface area contributed by atoms with E-state index in [1.807, 2.05) is 24.3 Å². The van der Waals surface area contributed by atoms with Crippen LogP contribution >= 0.6 is 0 Å². The van der Waals surface area contributed by atoms with Crippen molar-refractivity contribution in [3.8, 4) is 11.1 Å². The third-order valence-electron chi connectivity index (χ3n) is 4.92. The highest BCUT2D eigenvalue weighted by atomic mass is 16.5. The zero-order valence-electron chi connectivity index (χ0n) is 14.5. The van der Waals surface area contributed by atoms with E-state index < -0.39 is 5.97 Å². The minimum atomic E-state index is -0.482. The fourth-order valence-electron chi connectivity index (χ4n) is 3.55. The second-order valence-electron chi connectivity index (χ2n) is 6.72. The first kappa shape index (κ1) is 16.8. The normalized spacial score (nSPS) is 17.5. The molecule has 0 aromatic heterocycles. The van der Waals surface area contributed by atoms with E-state index >= 15 is 0 Å². The van der Waals surface area contributed by atoms with Crippen molar-refractivity contribution >= 4 is 11.9 Å². The van der Waals surface area contributed by atoms with E-state index in [2.05, 4.69) is 17.4 Å². The molecule has 5 nitrogen and oxygen atoms in total. The van der Waals surface area contributed by atoms with E-state index in [-0.39, 0.29) is 18.6 Å². The van der Waals surface area contributed by atoms with Crippen LogP contribution in [0.25, 0.3) is 11.1 Å². The number of amides is 1. The highest BCUT2D eigenvalue weighted by Crippen LogP contribution is 2.36. The summed E-state index contributed by atoms with van der Waals surface area (Å²) in [4.78, 5) is 24.1. The van der Waals surface area contributed by atoms with Crippen molar-refractivity contribution in [2.75, 3.05) is 19.8 Å². The molecule has 26 heavy (non-hydrogen) atoms. The second-order valence-corrected chi connectivity index (χ2v) is 6.72. The van der Waals surface area contributed by atoms with Crippen LogP contribution in [0.5, 0.6) is 0 Å². The van der Waals surface area contributed by atoms with Gasteiger partial charge in [0.25, 0.3) is 5.91 Å². The molecule has 2 aromatic rings. The van der Waals surface area contributed by atoms with E-state index in [1.54, 1.807) is 6.07 Å². The molecule has 1 atom stereocenters. The molecule has 1 N–H and O–H groups in total. The maximum Gasteiger partial charge on any atom is 0.338 e. The van der Waals surface area contributed by atoms with Gasteiger partial charge in [0.2, 0.25) is 0 Å². The number of fused-ring (bicyclic) bond motifs is 3. The lowest BCUT2D eigenvalue weighted by atomic mass is 10.0. The van der Waals surface area contributed by atoms with Gasteiger partial charge in [-0.2, -0.15) is 0 Å². The topological polar surface area (TPSA) is 64.6 Å². The molecule has 1 saturated heterocycles. The molecule has 1 unspecified atom stereocenters. The van der Waals surface area contributed by atoms with E-state index in [9.17, 15) is 9.59 Å². The standard InChI is InChI=1S/C21H21NO4/c23-20(22-12-17-5-3-9-25-17)13-26-21(24)16-8-7-15-10-14-4-1-2-6-18(14)19(15)11-16/h1-2,4,6-8,11,17H,3,5,9-10,12-13H2,(H,22,23). The summed E-state index contributed by atoms with van der Waals surface area (Å²) in [7, 11) is 0. The zero-order chi connectivity index (χ0) is 17.9. The summed E-state index contributed by atoms with van der Waals surface area (Å²) in [5.74, 6) is -0.787. The van der Waals surface area contributed by atoms with E-state index in [1.165, 1.54) is 11.1 Å². The smallest absolute Gasteiger partial charge is 0.338 e. The van der Waals surface area contributed by atoms with Gasteiger partial charge in [-0.15, -0.1) is 0 Å². The highest BCUT2D eigenvalue weighted by molar-refractivity contribution is 5.94. The van der Waals surface area contributed by atoms with Crippen LogP contribution in [0.4, 0.5) is 0 Å². The predicted molar refractivity (Wildman–Crippen MR) is 97.0 cm³/mol. The minimum Gasteiger partial charge on any atom is -0.452 e. The minimum absolute atomic E-state index is 0.0754. The molecule has 1 heterocycles. The van der Waals surface area contributed by atoms with Crippen molar-refractivity contribution in [2.24, 2.45) is 0 Å². The lowest BCUT2D eigenvalue weighted by Gasteiger charge is -2.11. The first-order chi connectivity index (χ1) is 12.7. The SMILES string of the molecule is O=C(COC(=O)c1ccc2c(c1)-c1ccccc1C2)NCC1CCCO1. The summed E-state index contributed by atoms with van der Waals surface area (Å²) in [6, 6.07) is 13.8. The molecule has 4 rings (SSSR count). The quantitative estimate of drug-likeness (QED) is 0.718. The largest absolute Gasteiger partial charge is 0.452 e. The second kappa shape index (κ2) is 7.30. The van der Waals surface area contributed by atoms with Crippen LogP contribution in [0.15, 0.2) is 42.5 Å².